The quantitative estimate of drug-likeness (QED) is 0.275. The maximum atomic E-state index is 13.1. The van der Waals surface area contributed by atoms with Crippen LogP contribution in [0.25, 0.3) is 6.08 Å². The molecule has 2 rings (SSSR count). The lowest BCUT2D eigenvalue weighted by atomic mass is 10.1. The van der Waals surface area contributed by atoms with Gasteiger partial charge < -0.3 is 9.47 Å². The lowest BCUT2D eigenvalue weighted by molar-refractivity contribution is -0.141. The first kappa shape index (κ1) is 23.8. The van der Waals surface area contributed by atoms with E-state index in [1.807, 2.05) is 6.07 Å². The van der Waals surface area contributed by atoms with Crippen LogP contribution in [-0.2, 0) is 21.5 Å². The number of carbonyl (C=O) groups is 1. The average Bonchev–Trinajstić information content (AvgIpc) is 2.74. The van der Waals surface area contributed by atoms with Crippen LogP contribution in [-0.4, -0.2) is 25.2 Å². The molecular weight excluding hydrogens is 431 g/mol. The number of alkyl halides is 3. The van der Waals surface area contributed by atoms with E-state index in [1.54, 1.807) is 24.3 Å². The number of methoxy groups -OCH3 is 2. The number of nitriles is 2. The van der Waals surface area contributed by atoms with Gasteiger partial charge in [-0.1, -0.05) is 6.07 Å². The third kappa shape index (κ3) is 5.77. The van der Waals surface area contributed by atoms with Crippen LogP contribution in [0.3, 0.4) is 0 Å². The molecule has 0 aliphatic carbocycles. The number of benzene rings is 1. The number of carbonyl (C=O) groups excluding carboxylic acids is 1. The van der Waals surface area contributed by atoms with Crippen LogP contribution < -0.4 is 4.74 Å². The number of esters is 1. The third-order valence-corrected chi connectivity index (χ3v) is 5.12. The van der Waals surface area contributed by atoms with E-state index in [1.165, 1.54) is 20.1 Å². The highest BCUT2D eigenvalue weighted by Gasteiger charge is 2.34. The largest absolute Gasteiger partial charge is 0.496 e. The summed E-state index contributed by atoms with van der Waals surface area (Å²) in [4.78, 5) is 15.2. The van der Waals surface area contributed by atoms with Gasteiger partial charge in [-0.25, -0.2) is 9.78 Å². The standard InChI is InChI=1S/C21H16F3N3O3S/c1-12-6-18(21(22,23)24)27-19(16(12)10-26)31-11-15-8-13(4-5-17(15)29-2)7-14(9-25)20(28)30-3/h4-8H,11H2,1-3H3. The summed E-state index contributed by atoms with van der Waals surface area (Å²) in [6.45, 7) is 1.42. The fourth-order valence-corrected chi connectivity index (χ4v) is 3.62. The Morgan fingerprint density at radius 2 is 1.97 bits per heavy atom. The molecule has 0 spiro atoms. The maximum Gasteiger partial charge on any atom is 0.433 e. The van der Waals surface area contributed by atoms with Crippen molar-refractivity contribution in [1.82, 2.24) is 4.98 Å². The van der Waals surface area contributed by atoms with E-state index in [9.17, 15) is 23.2 Å². The Kier molecular flexibility index (Phi) is 7.67. The topological polar surface area (TPSA) is 96.0 Å². The number of nitrogens with zero attached hydrogens (tertiary/aromatic N) is 3. The van der Waals surface area contributed by atoms with Gasteiger partial charge in [0.25, 0.3) is 0 Å². The SMILES string of the molecule is COC(=O)C(C#N)=Cc1ccc(OC)c(CSc2nc(C(F)(F)F)cc(C)c2C#N)c1. The van der Waals surface area contributed by atoms with Crippen molar-refractivity contribution in [3.8, 4) is 17.9 Å². The van der Waals surface area contributed by atoms with Crippen LogP contribution in [0.15, 0.2) is 34.9 Å². The van der Waals surface area contributed by atoms with Crippen LogP contribution in [0.5, 0.6) is 5.75 Å². The van der Waals surface area contributed by atoms with E-state index in [0.29, 0.717) is 16.9 Å². The number of thioether (sulfide) groups is 1. The number of halogens is 3. The van der Waals surface area contributed by atoms with Crippen molar-refractivity contribution in [3.63, 3.8) is 0 Å². The molecule has 0 fully saturated rings. The second kappa shape index (κ2) is 10.0. The normalized spacial score (nSPS) is 11.4. The van der Waals surface area contributed by atoms with Crippen molar-refractivity contribution in [2.24, 2.45) is 0 Å². The summed E-state index contributed by atoms with van der Waals surface area (Å²) in [7, 11) is 2.59. The summed E-state index contributed by atoms with van der Waals surface area (Å²) < 4.78 is 49.2. The van der Waals surface area contributed by atoms with E-state index >= 15 is 0 Å². The number of ether oxygens (including phenoxy) is 2. The summed E-state index contributed by atoms with van der Waals surface area (Å²) in [6, 6.07) is 9.31. The zero-order chi connectivity index (χ0) is 23.2. The molecule has 0 amide bonds. The predicted octanol–water partition coefficient (Wildman–Crippen LogP) is 4.66. The van der Waals surface area contributed by atoms with Crippen LogP contribution in [0.4, 0.5) is 13.2 Å². The molecule has 1 heterocycles. The van der Waals surface area contributed by atoms with Gasteiger partial charge in [0.15, 0.2) is 0 Å². The second-order valence-corrected chi connectivity index (χ2v) is 7.10. The van der Waals surface area contributed by atoms with Crippen LogP contribution >= 0.6 is 11.8 Å². The first-order valence-electron chi connectivity index (χ1n) is 8.63. The molecule has 0 aliphatic heterocycles. The lowest BCUT2D eigenvalue weighted by Crippen LogP contribution is -2.10. The van der Waals surface area contributed by atoms with Gasteiger partial charge in [0.2, 0.25) is 0 Å². The summed E-state index contributed by atoms with van der Waals surface area (Å²) in [5.74, 6) is -0.215. The molecule has 2 aromatic rings. The van der Waals surface area contributed by atoms with E-state index in [4.69, 9.17) is 10.00 Å². The molecule has 6 nitrogen and oxygen atoms in total. The van der Waals surface area contributed by atoms with E-state index in [0.717, 1.165) is 24.9 Å². The van der Waals surface area contributed by atoms with Crippen molar-refractivity contribution in [1.29, 1.82) is 10.5 Å². The van der Waals surface area contributed by atoms with Gasteiger partial charge in [-0.05, 0) is 42.3 Å². The maximum absolute atomic E-state index is 13.1. The molecule has 0 unspecified atom stereocenters. The van der Waals surface area contributed by atoms with Gasteiger partial charge in [0.05, 0.1) is 19.8 Å². The highest BCUT2D eigenvalue weighted by Crippen LogP contribution is 2.35. The molecule has 0 bridgehead atoms. The van der Waals surface area contributed by atoms with Crippen LogP contribution in [0.1, 0.15) is 27.9 Å². The van der Waals surface area contributed by atoms with Crippen molar-refractivity contribution in [3.05, 3.63) is 57.8 Å². The lowest BCUT2D eigenvalue weighted by Gasteiger charge is -2.13. The molecule has 1 aromatic heterocycles. The Labute approximate surface area is 180 Å². The second-order valence-electron chi connectivity index (χ2n) is 6.14. The Balaban J connectivity index is 2.43. The van der Waals surface area contributed by atoms with Crippen molar-refractivity contribution in [2.45, 2.75) is 23.9 Å². The van der Waals surface area contributed by atoms with Crippen molar-refractivity contribution < 1.29 is 27.4 Å². The first-order valence-corrected chi connectivity index (χ1v) is 9.61. The van der Waals surface area contributed by atoms with Gasteiger partial charge >= 0.3 is 12.1 Å². The highest BCUT2D eigenvalue weighted by molar-refractivity contribution is 7.98. The first-order chi connectivity index (χ1) is 14.6. The third-order valence-electron chi connectivity index (χ3n) is 4.09. The van der Waals surface area contributed by atoms with Crippen LogP contribution in [0.2, 0.25) is 0 Å². The van der Waals surface area contributed by atoms with Crippen molar-refractivity contribution in [2.75, 3.05) is 14.2 Å². The molecule has 0 aliphatic rings. The number of hydrogen-bond donors (Lipinski definition) is 0. The molecule has 160 valence electrons. The summed E-state index contributed by atoms with van der Waals surface area (Å²) >= 11 is 0.952. The van der Waals surface area contributed by atoms with E-state index in [2.05, 4.69) is 9.72 Å². The summed E-state index contributed by atoms with van der Waals surface area (Å²) in [5, 5.41) is 18.4. The fraction of sp³-hybridized carbons (Fsp3) is 0.238. The van der Waals surface area contributed by atoms with Gasteiger partial charge in [0.1, 0.15) is 34.2 Å². The Hall–Kier alpha value is -3.50. The zero-order valence-corrected chi connectivity index (χ0v) is 17.5. The molecule has 0 N–H and O–H groups in total. The number of aryl methyl sites for hydroxylation is 1. The molecule has 0 radical (unpaired) electrons. The molecular formula is C21H16F3N3O3S. The predicted molar refractivity (Wildman–Crippen MR) is 107 cm³/mol. The highest BCUT2D eigenvalue weighted by atomic mass is 32.2. The van der Waals surface area contributed by atoms with Gasteiger partial charge in [-0.3, -0.25) is 0 Å². The molecule has 10 heteroatoms. The van der Waals surface area contributed by atoms with Crippen molar-refractivity contribution >= 4 is 23.8 Å². The van der Waals surface area contributed by atoms with E-state index in [-0.39, 0.29) is 27.5 Å². The van der Waals surface area contributed by atoms with Crippen LogP contribution in [0, 0.1) is 29.6 Å². The Morgan fingerprint density at radius 3 is 2.52 bits per heavy atom. The summed E-state index contributed by atoms with van der Waals surface area (Å²) in [6.07, 6.45) is -3.31. The molecule has 31 heavy (non-hydrogen) atoms. The fourth-order valence-electron chi connectivity index (χ4n) is 2.59. The molecule has 0 saturated carbocycles. The zero-order valence-electron chi connectivity index (χ0n) is 16.7. The van der Waals surface area contributed by atoms with Gasteiger partial charge in [-0.2, -0.15) is 23.7 Å². The minimum absolute atomic E-state index is 0.0508. The Morgan fingerprint density at radius 1 is 1.26 bits per heavy atom. The number of pyridine rings is 1. The molecule has 1 aromatic carbocycles. The smallest absolute Gasteiger partial charge is 0.433 e. The number of hydrogen-bond acceptors (Lipinski definition) is 7. The minimum atomic E-state index is -4.64. The molecule has 0 atom stereocenters. The minimum Gasteiger partial charge on any atom is -0.496 e. The number of aromatic nitrogens is 1. The van der Waals surface area contributed by atoms with E-state index < -0.39 is 17.8 Å². The average molecular weight is 447 g/mol. The van der Waals surface area contributed by atoms with Gasteiger partial charge in [-0.15, -0.1) is 11.8 Å². The monoisotopic (exact) mass is 447 g/mol. The molecule has 0 saturated heterocycles. The summed E-state index contributed by atoms with van der Waals surface area (Å²) in [5.41, 5.74) is 0.00878. The van der Waals surface area contributed by atoms with Gasteiger partial charge in [0, 0.05) is 11.3 Å². The Bertz CT molecular complexity index is 1120. The number of rotatable bonds is 6.